The molecule has 1 aromatic rings. The fourth-order valence-corrected chi connectivity index (χ4v) is 3.95. The highest BCUT2D eigenvalue weighted by Crippen LogP contribution is 2.38. The third-order valence-corrected chi connectivity index (χ3v) is 5.48. The summed E-state index contributed by atoms with van der Waals surface area (Å²) in [5.41, 5.74) is 0.901. The Balaban J connectivity index is 1.84. The Bertz CT molecular complexity index is 686. The van der Waals surface area contributed by atoms with Crippen molar-refractivity contribution in [2.75, 3.05) is 0 Å². The number of hydroxylamine groups is 2. The molecule has 22 heavy (non-hydrogen) atoms. The molecule has 1 saturated carbocycles. The molecule has 2 atom stereocenters. The van der Waals surface area contributed by atoms with Crippen molar-refractivity contribution in [3.8, 4) is 0 Å². The van der Waals surface area contributed by atoms with E-state index in [9.17, 15) is 18.0 Å². The molecule has 2 unspecified atom stereocenters. The molecule has 0 bridgehead atoms. The van der Waals surface area contributed by atoms with Crippen LogP contribution in [0.25, 0.3) is 0 Å². The minimum Gasteiger partial charge on any atom is -0.272 e. The molecule has 3 rings (SSSR count). The van der Waals surface area contributed by atoms with E-state index in [1.54, 1.807) is 12.1 Å². The Hall–Kier alpha value is -1.73. The molecule has 0 spiro atoms. The van der Waals surface area contributed by atoms with Gasteiger partial charge in [-0.05, 0) is 31.9 Å². The van der Waals surface area contributed by atoms with Gasteiger partial charge in [0.05, 0.1) is 16.7 Å². The molecule has 1 saturated heterocycles. The number of aryl methyl sites for hydroxylation is 1. The molecule has 6 nitrogen and oxygen atoms in total. The maximum atomic E-state index is 12.2. The molecule has 0 aromatic heterocycles. The largest absolute Gasteiger partial charge is 0.318 e. The van der Waals surface area contributed by atoms with Crippen LogP contribution in [-0.4, -0.2) is 25.3 Å². The van der Waals surface area contributed by atoms with Gasteiger partial charge in [0.2, 0.25) is 0 Å². The summed E-state index contributed by atoms with van der Waals surface area (Å²) in [6.07, 6.45) is 2.97. The summed E-state index contributed by atoms with van der Waals surface area (Å²) in [5.74, 6) is -1.94. The first kappa shape index (κ1) is 15.2. The summed E-state index contributed by atoms with van der Waals surface area (Å²) in [7, 11) is -4.18. The average molecular weight is 323 g/mol. The number of carbonyl (C=O) groups is 2. The SMILES string of the molecule is Cc1ccc(S(=O)(=O)ON2C(=O)C3CCCCC3C2=O)cc1. The van der Waals surface area contributed by atoms with E-state index in [1.165, 1.54) is 12.1 Å². The Labute approximate surface area is 129 Å². The number of rotatable bonds is 3. The second-order valence-electron chi connectivity index (χ2n) is 5.81. The van der Waals surface area contributed by atoms with E-state index < -0.39 is 33.8 Å². The second kappa shape index (κ2) is 5.48. The summed E-state index contributed by atoms with van der Waals surface area (Å²) in [6.45, 7) is 1.83. The molecule has 0 N–H and O–H groups in total. The van der Waals surface area contributed by atoms with Gasteiger partial charge in [-0.15, -0.1) is 9.35 Å². The van der Waals surface area contributed by atoms with Gasteiger partial charge in [-0.25, -0.2) is 0 Å². The van der Waals surface area contributed by atoms with Crippen LogP contribution < -0.4 is 0 Å². The third-order valence-electron chi connectivity index (χ3n) is 4.28. The molecule has 2 amide bonds. The predicted octanol–water partition coefficient (Wildman–Crippen LogP) is 1.79. The van der Waals surface area contributed by atoms with Crippen LogP contribution in [0.4, 0.5) is 0 Å². The average Bonchev–Trinajstić information content (AvgIpc) is 2.73. The van der Waals surface area contributed by atoms with Crippen molar-refractivity contribution in [3.05, 3.63) is 29.8 Å². The van der Waals surface area contributed by atoms with E-state index in [0.29, 0.717) is 17.9 Å². The molecule has 1 heterocycles. The second-order valence-corrected chi connectivity index (χ2v) is 7.34. The van der Waals surface area contributed by atoms with Crippen LogP contribution in [0.3, 0.4) is 0 Å². The highest BCUT2D eigenvalue weighted by molar-refractivity contribution is 7.86. The van der Waals surface area contributed by atoms with Gasteiger partial charge in [0.25, 0.3) is 11.8 Å². The smallest absolute Gasteiger partial charge is 0.272 e. The monoisotopic (exact) mass is 323 g/mol. The number of fused-ring (bicyclic) bond motifs is 1. The standard InChI is InChI=1S/C15H17NO5S/c1-10-6-8-11(9-7-10)22(19,20)21-16-14(17)12-4-2-3-5-13(12)15(16)18/h6-9,12-13H,2-5H2,1H3. The van der Waals surface area contributed by atoms with Crippen molar-refractivity contribution < 1.29 is 22.3 Å². The fraction of sp³-hybridized carbons (Fsp3) is 0.467. The van der Waals surface area contributed by atoms with E-state index in [1.807, 2.05) is 6.92 Å². The first-order valence-electron chi connectivity index (χ1n) is 7.29. The lowest BCUT2D eigenvalue weighted by Gasteiger charge is -2.19. The van der Waals surface area contributed by atoms with Crippen LogP contribution in [0.1, 0.15) is 31.2 Å². The van der Waals surface area contributed by atoms with E-state index in [0.717, 1.165) is 18.4 Å². The maximum Gasteiger partial charge on any atom is 0.318 e. The number of hydrogen-bond donors (Lipinski definition) is 0. The number of nitrogens with zero attached hydrogens (tertiary/aromatic N) is 1. The molecule has 0 radical (unpaired) electrons. The Morgan fingerprint density at radius 3 is 2.00 bits per heavy atom. The van der Waals surface area contributed by atoms with E-state index >= 15 is 0 Å². The lowest BCUT2D eigenvalue weighted by Crippen LogP contribution is -2.33. The van der Waals surface area contributed by atoms with E-state index in [2.05, 4.69) is 0 Å². The molecule has 2 aliphatic rings. The highest BCUT2D eigenvalue weighted by atomic mass is 32.2. The number of amides is 2. The highest BCUT2D eigenvalue weighted by Gasteiger charge is 2.50. The van der Waals surface area contributed by atoms with Crippen molar-refractivity contribution >= 4 is 21.9 Å². The summed E-state index contributed by atoms with van der Waals surface area (Å²) >= 11 is 0. The molecule has 1 aromatic carbocycles. The van der Waals surface area contributed by atoms with Crippen LogP contribution in [0.5, 0.6) is 0 Å². The zero-order chi connectivity index (χ0) is 15.9. The first-order valence-corrected chi connectivity index (χ1v) is 8.70. The van der Waals surface area contributed by atoms with Crippen molar-refractivity contribution in [1.29, 1.82) is 0 Å². The molecular formula is C15H17NO5S. The number of imide groups is 1. The van der Waals surface area contributed by atoms with Gasteiger partial charge in [-0.3, -0.25) is 9.59 Å². The minimum absolute atomic E-state index is 0.0754. The molecule has 2 fully saturated rings. The van der Waals surface area contributed by atoms with Crippen molar-refractivity contribution in [3.63, 3.8) is 0 Å². The van der Waals surface area contributed by atoms with Crippen LogP contribution in [0.15, 0.2) is 29.2 Å². The van der Waals surface area contributed by atoms with Crippen LogP contribution in [-0.2, 0) is 24.0 Å². The Morgan fingerprint density at radius 2 is 1.50 bits per heavy atom. The van der Waals surface area contributed by atoms with Gasteiger partial charge in [0, 0.05) is 0 Å². The summed E-state index contributed by atoms with van der Waals surface area (Å²) in [4.78, 5) is 24.4. The van der Waals surface area contributed by atoms with E-state index in [4.69, 9.17) is 4.28 Å². The van der Waals surface area contributed by atoms with Gasteiger partial charge in [-0.2, -0.15) is 8.42 Å². The lowest BCUT2D eigenvalue weighted by molar-refractivity contribution is -0.165. The van der Waals surface area contributed by atoms with Crippen LogP contribution in [0.2, 0.25) is 0 Å². The van der Waals surface area contributed by atoms with E-state index in [-0.39, 0.29) is 4.90 Å². The van der Waals surface area contributed by atoms with Gasteiger partial charge in [-0.1, -0.05) is 30.5 Å². The topological polar surface area (TPSA) is 80.8 Å². The van der Waals surface area contributed by atoms with Gasteiger partial charge < -0.3 is 0 Å². The summed E-state index contributed by atoms with van der Waals surface area (Å²) < 4.78 is 29.3. The predicted molar refractivity (Wildman–Crippen MR) is 76.8 cm³/mol. The third kappa shape index (κ3) is 2.55. The Morgan fingerprint density at radius 1 is 1.00 bits per heavy atom. The zero-order valence-corrected chi connectivity index (χ0v) is 13.0. The minimum atomic E-state index is -4.18. The Kier molecular flexibility index (Phi) is 3.78. The molecular weight excluding hydrogens is 306 g/mol. The fourth-order valence-electron chi connectivity index (χ4n) is 3.05. The molecule has 1 aliphatic carbocycles. The number of carbonyl (C=O) groups excluding carboxylic acids is 2. The van der Waals surface area contributed by atoms with Crippen LogP contribution >= 0.6 is 0 Å². The quantitative estimate of drug-likeness (QED) is 0.792. The van der Waals surface area contributed by atoms with Gasteiger partial charge in [0.1, 0.15) is 0 Å². The number of benzene rings is 1. The van der Waals surface area contributed by atoms with Crippen molar-refractivity contribution in [2.24, 2.45) is 11.8 Å². The van der Waals surface area contributed by atoms with Gasteiger partial charge in [0.15, 0.2) is 0 Å². The summed E-state index contributed by atoms with van der Waals surface area (Å²) in [5, 5.41) is 0.454. The van der Waals surface area contributed by atoms with Crippen LogP contribution in [0, 0.1) is 18.8 Å². The summed E-state index contributed by atoms with van der Waals surface area (Å²) in [6, 6.07) is 6.04. The lowest BCUT2D eigenvalue weighted by atomic mass is 9.81. The zero-order valence-electron chi connectivity index (χ0n) is 12.2. The van der Waals surface area contributed by atoms with Crippen molar-refractivity contribution in [1.82, 2.24) is 5.06 Å². The molecule has 7 heteroatoms. The first-order chi connectivity index (χ1) is 10.4. The molecule has 118 valence electrons. The van der Waals surface area contributed by atoms with Crippen molar-refractivity contribution in [2.45, 2.75) is 37.5 Å². The number of hydrogen-bond acceptors (Lipinski definition) is 5. The maximum absolute atomic E-state index is 12.2. The molecule has 1 aliphatic heterocycles. The van der Waals surface area contributed by atoms with Gasteiger partial charge >= 0.3 is 10.1 Å². The normalized spacial score (nSPS) is 25.4.